The Labute approximate surface area is 202 Å². The van der Waals surface area contributed by atoms with Crippen molar-refractivity contribution in [2.75, 3.05) is 6.54 Å². The number of amides is 1. The highest BCUT2D eigenvalue weighted by Crippen LogP contribution is 2.34. The van der Waals surface area contributed by atoms with Crippen LogP contribution in [0.3, 0.4) is 0 Å². The summed E-state index contributed by atoms with van der Waals surface area (Å²) in [7, 11) is -4.06. The van der Waals surface area contributed by atoms with E-state index in [1.807, 2.05) is 18.2 Å². The van der Waals surface area contributed by atoms with E-state index < -0.39 is 22.0 Å². The maximum absolute atomic E-state index is 13.4. The third kappa shape index (κ3) is 5.21. The fraction of sp³-hybridized carbons (Fsp3) is 0.333. The number of carbonyl (C=O) groups excluding carboxylic acids is 1. The smallest absolute Gasteiger partial charge is 0.281 e. The number of nitrogens with one attached hydrogen (secondary N) is 1. The van der Waals surface area contributed by atoms with E-state index in [1.165, 1.54) is 28.3 Å². The van der Waals surface area contributed by atoms with E-state index >= 15 is 0 Å². The van der Waals surface area contributed by atoms with E-state index in [4.69, 9.17) is 0 Å². The number of likely N-dealkylation sites (tertiary alicyclic amines) is 1. The Bertz CT molecular complexity index is 1280. The van der Waals surface area contributed by atoms with Gasteiger partial charge in [0.15, 0.2) is 5.03 Å². The van der Waals surface area contributed by atoms with Crippen LogP contribution in [0.1, 0.15) is 45.8 Å². The van der Waals surface area contributed by atoms with Gasteiger partial charge < -0.3 is 0 Å². The molecule has 1 aliphatic rings. The van der Waals surface area contributed by atoms with Gasteiger partial charge in [-0.15, -0.1) is 0 Å². The van der Waals surface area contributed by atoms with E-state index in [0.29, 0.717) is 25.2 Å². The van der Waals surface area contributed by atoms with Crippen LogP contribution >= 0.6 is 0 Å². The number of aryl methyl sites for hydroxylation is 4. The molecule has 0 unspecified atom stereocenters. The molecule has 1 fully saturated rings. The maximum Gasteiger partial charge on any atom is 0.281 e. The number of carbonyl (C=O) groups is 1. The van der Waals surface area contributed by atoms with Gasteiger partial charge in [0.2, 0.25) is 0 Å². The first-order valence-corrected chi connectivity index (χ1v) is 13.0. The first kappa shape index (κ1) is 24.1. The number of nitrogens with zero attached hydrogens (tertiary/aromatic N) is 2. The van der Waals surface area contributed by atoms with E-state index in [-0.39, 0.29) is 10.9 Å². The topological polar surface area (TPSA) is 79.4 Å². The van der Waals surface area contributed by atoms with Crippen LogP contribution in [0.25, 0.3) is 0 Å². The third-order valence-electron chi connectivity index (χ3n) is 6.55. The zero-order valence-electron chi connectivity index (χ0n) is 20.1. The van der Waals surface area contributed by atoms with Crippen molar-refractivity contribution in [3.8, 4) is 0 Å². The fourth-order valence-corrected chi connectivity index (χ4v) is 5.93. The van der Waals surface area contributed by atoms with Crippen molar-refractivity contribution in [3.63, 3.8) is 0 Å². The maximum atomic E-state index is 13.4. The molecule has 0 bridgehead atoms. The van der Waals surface area contributed by atoms with Gasteiger partial charge in [-0.2, -0.15) is 8.42 Å². The van der Waals surface area contributed by atoms with Crippen LogP contribution in [0.4, 0.5) is 0 Å². The number of hydrogen-bond donors (Lipinski definition) is 1. The first-order chi connectivity index (χ1) is 16.1. The van der Waals surface area contributed by atoms with E-state index in [0.717, 1.165) is 5.56 Å². The highest BCUT2D eigenvalue weighted by Gasteiger charge is 2.39. The second kappa shape index (κ2) is 9.68. The Morgan fingerprint density at radius 1 is 1.00 bits per heavy atom. The van der Waals surface area contributed by atoms with Crippen LogP contribution in [0, 0.1) is 27.7 Å². The van der Waals surface area contributed by atoms with Crippen LogP contribution in [0.2, 0.25) is 0 Å². The molecule has 3 aromatic rings. The van der Waals surface area contributed by atoms with Gasteiger partial charge in [-0.25, -0.2) is 9.71 Å². The minimum Gasteiger partial charge on any atom is -0.287 e. The third-order valence-corrected chi connectivity index (χ3v) is 7.80. The molecule has 178 valence electrons. The fourth-order valence-electron chi connectivity index (χ4n) is 4.90. The Kier molecular flexibility index (Phi) is 6.86. The van der Waals surface area contributed by atoms with Crippen LogP contribution in [-0.2, 0) is 21.4 Å². The average Bonchev–Trinajstić information content (AvgIpc) is 3.21. The molecular weight excluding hydrogens is 446 g/mol. The largest absolute Gasteiger partial charge is 0.287 e. The van der Waals surface area contributed by atoms with Gasteiger partial charge in [-0.3, -0.25) is 9.69 Å². The van der Waals surface area contributed by atoms with Crippen molar-refractivity contribution in [2.24, 2.45) is 0 Å². The highest BCUT2D eigenvalue weighted by molar-refractivity contribution is 7.90. The van der Waals surface area contributed by atoms with Gasteiger partial charge in [-0.1, -0.05) is 54.1 Å². The Morgan fingerprint density at radius 3 is 2.32 bits per heavy atom. The lowest BCUT2D eigenvalue weighted by molar-refractivity contribution is -0.123. The quantitative estimate of drug-likeness (QED) is 0.576. The molecule has 0 spiro atoms. The molecule has 1 N–H and O–H groups in total. The van der Waals surface area contributed by atoms with Crippen molar-refractivity contribution in [1.82, 2.24) is 14.6 Å². The van der Waals surface area contributed by atoms with Crippen LogP contribution < -0.4 is 4.72 Å². The molecule has 2 atom stereocenters. The molecule has 0 saturated carbocycles. The Morgan fingerprint density at radius 2 is 1.68 bits per heavy atom. The molecule has 6 nitrogen and oxygen atoms in total. The zero-order chi connectivity index (χ0) is 24.5. The van der Waals surface area contributed by atoms with E-state index in [9.17, 15) is 13.2 Å². The highest BCUT2D eigenvalue weighted by atomic mass is 32.2. The molecule has 0 aliphatic carbocycles. The molecular formula is C27H31N3O3S. The SMILES string of the molecule is Cc1cc(C)c(CN2C[C@H](c3ccccc3)C[C@@H]2C(=O)NS(=O)(=O)c2cccc(C)n2)c(C)c1. The molecule has 1 aliphatic heterocycles. The summed E-state index contributed by atoms with van der Waals surface area (Å²) in [5.74, 6) is -0.369. The van der Waals surface area contributed by atoms with Crippen molar-refractivity contribution >= 4 is 15.9 Å². The van der Waals surface area contributed by atoms with Gasteiger partial charge in [0, 0.05) is 18.8 Å². The monoisotopic (exact) mass is 477 g/mol. The summed E-state index contributed by atoms with van der Waals surface area (Å²) in [6, 6.07) is 18.6. The van der Waals surface area contributed by atoms with Gasteiger partial charge in [0.05, 0.1) is 6.04 Å². The zero-order valence-corrected chi connectivity index (χ0v) is 20.9. The van der Waals surface area contributed by atoms with Gasteiger partial charge in [0.25, 0.3) is 15.9 Å². The van der Waals surface area contributed by atoms with Gasteiger partial charge in [-0.05, 0) is 74.4 Å². The number of rotatable bonds is 6. The number of hydrogen-bond acceptors (Lipinski definition) is 5. The second-order valence-electron chi connectivity index (χ2n) is 9.25. The minimum absolute atomic E-state index is 0.141. The molecule has 1 amide bonds. The first-order valence-electron chi connectivity index (χ1n) is 11.5. The van der Waals surface area contributed by atoms with E-state index in [1.54, 1.807) is 19.1 Å². The summed E-state index contributed by atoms with van der Waals surface area (Å²) in [5.41, 5.74) is 6.47. The lowest BCUT2D eigenvalue weighted by Gasteiger charge is -2.25. The predicted octanol–water partition coefficient (Wildman–Crippen LogP) is 4.18. The number of pyridine rings is 1. The van der Waals surface area contributed by atoms with Crippen molar-refractivity contribution in [3.05, 3.63) is 94.2 Å². The summed E-state index contributed by atoms with van der Waals surface area (Å²) in [4.78, 5) is 19.6. The second-order valence-corrected chi connectivity index (χ2v) is 10.9. The summed E-state index contributed by atoms with van der Waals surface area (Å²) in [6.07, 6.45) is 0.552. The molecule has 2 heterocycles. The lowest BCUT2D eigenvalue weighted by Crippen LogP contribution is -2.45. The van der Waals surface area contributed by atoms with Gasteiger partial charge in [0.1, 0.15) is 0 Å². The molecule has 1 saturated heterocycles. The minimum atomic E-state index is -4.06. The Hall–Kier alpha value is -3.03. The van der Waals surface area contributed by atoms with Gasteiger partial charge >= 0.3 is 0 Å². The van der Waals surface area contributed by atoms with E-state index in [2.05, 4.69) is 59.6 Å². The molecule has 34 heavy (non-hydrogen) atoms. The Balaban J connectivity index is 1.62. The normalized spacial score (nSPS) is 18.7. The number of aromatic nitrogens is 1. The lowest BCUT2D eigenvalue weighted by atomic mass is 9.96. The predicted molar refractivity (Wildman–Crippen MR) is 133 cm³/mol. The van der Waals surface area contributed by atoms with Crippen molar-refractivity contribution in [2.45, 2.75) is 57.6 Å². The standard InChI is InChI=1S/C27H31N3O3S/c1-18-13-19(2)24(20(3)14-18)17-30-16-23(22-10-6-5-7-11-22)15-25(30)27(31)29-34(32,33)26-12-8-9-21(4)28-26/h5-14,23,25H,15-17H2,1-4H3,(H,29,31)/t23-,25-/m1/s1. The number of sulfonamides is 1. The van der Waals surface area contributed by atoms with Crippen LogP contribution in [0.5, 0.6) is 0 Å². The molecule has 7 heteroatoms. The summed E-state index contributed by atoms with van der Waals surface area (Å²) in [6.45, 7) is 9.23. The summed E-state index contributed by atoms with van der Waals surface area (Å²) < 4.78 is 28.1. The van der Waals surface area contributed by atoms with Crippen molar-refractivity contribution in [1.29, 1.82) is 0 Å². The molecule has 1 aromatic heterocycles. The van der Waals surface area contributed by atoms with Crippen LogP contribution in [0.15, 0.2) is 65.7 Å². The van der Waals surface area contributed by atoms with Crippen LogP contribution in [-0.4, -0.2) is 36.8 Å². The molecule has 2 aromatic carbocycles. The summed E-state index contributed by atoms with van der Waals surface area (Å²) in [5, 5.41) is -0.143. The summed E-state index contributed by atoms with van der Waals surface area (Å²) >= 11 is 0. The number of benzene rings is 2. The molecule has 0 radical (unpaired) electrons. The van der Waals surface area contributed by atoms with Crippen molar-refractivity contribution < 1.29 is 13.2 Å². The molecule has 4 rings (SSSR count). The average molecular weight is 478 g/mol.